The van der Waals surface area contributed by atoms with Gasteiger partial charge < -0.3 is 10.1 Å². The number of amides is 3. The van der Waals surface area contributed by atoms with Gasteiger partial charge in [0.15, 0.2) is 0 Å². The highest BCUT2D eigenvalue weighted by Crippen LogP contribution is 2.21. The fraction of sp³-hybridized carbons (Fsp3) is 0.176. The van der Waals surface area contributed by atoms with Crippen molar-refractivity contribution in [1.82, 2.24) is 10.2 Å². The molecule has 0 saturated carbocycles. The van der Waals surface area contributed by atoms with Gasteiger partial charge in [0.25, 0.3) is 17.7 Å². The van der Waals surface area contributed by atoms with Gasteiger partial charge in [-0.2, -0.15) is 0 Å². The molecule has 0 aliphatic carbocycles. The van der Waals surface area contributed by atoms with Crippen LogP contribution in [0.1, 0.15) is 30.4 Å². The van der Waals surface area contributed by atoms with E-state index in [0.29, 0.717) is 16.0 Å². The van der Waals surface area contributed by atoms with Crippen LogP contribution < -0.4 is 5.32 Å². The molecular weight excluding hydrogens is 344 g/mol. The van der Waals surface area contributed by atoms with E-state index >= 15 is 0 Å². The van der Waals surface area contributed by atoms with Gasteiger partial charge in [-0.15, -0.1) is 11.3 Å². The SMILES string of the molecule is O=C(CNC(=O)c1cccs1)OCCN1C(=O)c2ccccc2C1=O. The molecule has 8 heteroatoms. The molecule has 1 aliphatic rings. The van der Waals surface area contributed by atoms with E-state index < -0.39 is 17.8 Å². The molecular formula is C17H14N2O5S. The van der Waals surface area contributed by atoms with E-state index in [1.54, 1.807) is 41.8 Å². The standard InChI is InChI=1S/C17H14N2O5S/c20-14(10-18-15(21)13-6-3-9-25-13)24-8-7-19-16(22)11-4-1-2-5-12(11)17(19)23/h1-6,9H,7-8,10H2,(H,18,21). The normalized spacial score (nSPS) is 12.9. The Hall–Kier alpha value is -3.00. The average Bonchev–Trinajstić information content (AvgIpc) is 3.23. The third-order valence-electron chi connectivity index (χ3n) is 3.59. The van der Waals surface area contributed by atoms with Crippen LogP contribution in [0.15, 0.2) is 41.8 Å². The van der Waals surface area contributed by atoms with Gasteiger partial charge in [0.05, 0.1) is 22.5 Å². The van der Waals surface area contributed by atoms with Crippen LogP contribution in [0.4, 0.5) is 0 Å². The zero-order valence-electron chi connectivity index (χ0n) is 13.1. The van der Waals surface area contributed by atoms with Crippen molar-refractivity contribution in [1.29, 1.82) is 0 Å². The molecule has 3 amide bonds. The maximum atomic E-state index is 12.1. The summed E-state index contributed by atoms with van der Waals surface area (Å²) in [5.74, 6) is -1.79. The molecule has 0 fully saturated rings. The minimum atomic E-state index is -0.637. The Morgan fingerprint density at radius 1 is 1.04 bits per heavy atom. The van der Waals surface area contributed by atoms with E-state index in [4.69, 9.17) is 4.74 Å². The van der Waals surface area contributed by atoms with Crippen LogP contribution in [-0.4, -0.2) is 48.3 Å². The number of rotatable bonds is 6. The second kappa shape index (κ2) is 7.27. The van der Waals surface area contributed by atoms with Crippen LogP contribution >= 0.6 is 11.3 Å². The molecule has 2 aromatic rings. The first-order chi connectivity index (χ1) is 12.1. The van der Waals surface area contributed by atoms with Crippen molar-refractivity contribution in [3.05, 3.63) is 57.8 Å². The number of thiophene rings is 1. The number of carbonyl (C=O) groups is 4. The Kier molecular flexibility index (Phi) is 4.90. The molecule has 0 unspecified atom stereocenters. The van der Waals surface area contributed by atoms with E-state index in [-0.39, 0.29) is 25.6 Å². The summed E-state index contributed by atoms with van der Waals surface area (Å²) in [4.78, 5) is 49.2. The van der Waals surface area contributed by atoms with Crippen molar-refractivity contribution >= 4 is 35.0 Å². The van der Waals surface area contributed by atoms with E-state index in [9.17, 15) is 19.2 Å². The summed E-state index contributed by atoms with van der Waals surface area (Å²) in [7, 11) is 0. The molecule has 1 N–H and O–H groups in total. The number of nitrogens with one attached hydrogen (secondary N) is 1. The molecule has 0 saturated heterocycles. The molecule has 25 heavy (non-hydrogen) atoms. The summed E-state index contributed by atoms with van der Waals surface area (Å²) in [6, 6.07) is 9.92. The minimum absolute atomic E-state index is 0.0308. The number of ether oxygens (including phenoxy) is 1. The van der Waals surface area contributed by atoms with Crippen molar-refractivity contribution in [3.63, 3.8) is 0 Å². The summed E-state index contributed by atoms with van der Waals surface area (Å²) in [5.41, 5.74) is 0.698. The van der Waals surface area contributed by atoms with Crippen molar-refractivity contribution < 1.29 is 23.9 Å². The third-order valence-corrected chi connectivity index (χ3v) is 4.46. The minimum Gasteiger partial charge on any atom is -0.462 e. The van der Waals surface area contributed by atoms with Gasteiger partial charge in [0.1, 0.15) is 13.2 Å². The quantitative estimate of drug-likeness (QED) is 0.621. The smallest absolute Gasteiger partial charge is 0.325 e. The monoisotopic (exact) mass is 358 g/mol. The lowest BCUT2D eigenvalue weighted by molar-refractivity contribution is -0.142. The fourth-order valence-electron chi connectivity index (χ4n) is 2.39. The Balaban J connectivity index is 1.44. The van der Waals surface area contributed by atoms with Crippen molar-refractivity contribution in [2.24, 2.45) is 0 Å². The van der Waals surface area contributed by atoms with Gasteiger partial charge in [0.2, 0.25) is 0 Å². The van der Waals surface area contributed by atoms with Crippen molar-refractivity contribution in [2.75, 3.05) is 19.7 Å². The van der Waals surface area contributed by atoms with Crippen LogP contribution in [-0.2, 0) is 9.53 Å². The number of hydrogen-bond acceptors (Lipinski definition) is 6. The largest absolute Gasteiger partial charge is 0.462 e. The van der Waals surface area contributed by atoms with E-state index in [1.165, 1.54) is 11.3 Å². The second-order valence-corrected chi connectivity index (χ2v) is 6.14. The molecule has 7 nitrogen and oxygen atoms in total. The molecule has 128 valence electrons. The summed E-state index contributed by atoms with van der Waals surface area (Å²) in [5, 5.41) is 4.20. The molecule has 1 aliphatic heterocycles. The number of esters is 1. The highest BCUT2D eigenvalue weighted by molar-refractivity contribution is 7.12. The average molecular weight is 358 g/mol. The first-order valence-electron chi connectivity index (χ1n) is 7.50. The Bertz CT molecular complexity index is 796. The van der Waals surface area contributed by atoms with Crippen LogP contribution in [0.3, 0.4) is 0 Å². The van der Waals surface area contributed by atoms with E-state index in [1.807, 2.05) is 0 Å². The Morgan fingerprint density at radius 3 is 2.32 bits per heavy atom. The van der Waals surface area contributed by atoms with Crippen molar-refractivity contribution in [2.45, 2.75) is 0 Å². The van der Waals surface area contributed by atoms with Crippen LogP contribution in [0.2, 0.25) is 0 Å². The Morgan fingerprint density at radius 2 is 1.72 bits per heavy atom. The van der Waals surface area contributed by atoms with Gasteiger partial charge in [0, 0.05) is 0 Å². The predicted molar refractivity (Wildman–Crippen MR) is 89.4 cm³/mol. The van der Waals surface area contributed by atoms with Crippen molar-refractivity contribution in [3.8, 4) is 0 Å². The van der Waals surface area contributed by atoms with Crippen LogP contribution in [0, 0.1) is 0 Å². The van der Waals surface area contributed by atoms with Gasteiger partial charge >= 0.3 is 5.97 Å². The highest BCUT2D eigenvalue weighted by atomic mass is 32.1. The lowest BCUT2D eigenvalue weighted by atomic mass is 10.1. The first-order valence-corrected chi connectivity index (χ1v) is 8.38. The molecule has 0 radical (unpaired) electrons. The number of fused-ring (bicyclic) bond motifs is 1. The summed E-state index contributed by atoms with van der Waals surface area (Å²) < 4.78 is 4.97. The topological polar surface area (TPSA) is 92.8 Å². The molecule has 1 aromatic heterocycles. The van der Waals surface area contributed by atoms with E-state index in [2.05, 4.69) is 5.32 Å². The maximum absolute atomic E-state index is 12.1. The summed E-state index contributed by atoms with van der Waals surface area (Å²) >= 11 is 1.27. The molecule has 1 aromatic carbocycles. The Labute approximate surface area is 147 Å². The zero-order valence-corrected chi connectivity index (χ0v) is 13.9. The lowest BCUT2D eigenvalue weighted by Gasteiger charge is -2.13. The van der Waals surface area contributed by atoms with Gasteiger partial charge in [-0.1, -0.05) is 18.2 Å². The highest BCUT2D eigenvalue weighted by Gasteiger charge is 2.34. The number of carbonyl (C=O) groups excluding carboxylic acids is 4. The van der Waals surface area contributed by atoms with Crippen LogP contribution in [0.25, 0.3) is 0 Å². The molecule has 0 spiro atoms. The van der Waals surface area contributed by atoms with E-state index in [0.717, 1.165) is 4.90 Å². The summed E-state index contributed by atoms with van der Waals surface area (Å²) in [6.07, 6.45) is 0. The van der Waals surface area contributed by atoms with Gasteiger partial charge in [-0.25, -0.2) is 0 Å². The molecule has 0 atom stereocenters. The van der Waals surface area contributed by atoms with Gasteiger partial charge in [-0.3, -0.25) is 24.1 Å². The second-order valence-electron chi connectivity index (χ2n) is 5.19. The molecule has 0 bridgehead atoms. The lowest BCUT2D eigenvalue weighted by Crippen LogP contribution is -2.35. The molecule has 2 heterocycles. The number of imide groups is 1. The first kappa shape index (κ1) is 16.8. The third kappa shape index (κ3) is 3.58. The number of nitrogens with zero attached hydrogens (tertiary/aromatic N) is 1. The zero-order chi connectivity index (χ0) is 17.8. The summed E-state index contributed by atoms with van der Waals surface area (Å²) in [6.45, 7) is -0.436. The number of hydrogen-bond donors (Lipinski definition) is 1. The number of benzene rings is 1. The fourth-order valence-corrected chi connectivity index (χ4v) is 3.03. The molecule has 3 rings (SSSR count). The van der Waals surface area contributed by atoms with Gasteiger partial charge in [-0.05, 0) is 23.6 Å². The predicted octanol–water partition coefficient (Wildman–Crippen LogP) is 1.32. The maximum Gasteiger partial charge on any atom is 0.325 e. The van der Waals surface area contributed by atoms with Crippen LogP contribution in [0.5, 0.6) is 0 Å².